The molecule has 0 radical (unpaired) electrons. The third-order valence-corrected chi connectivity index (χ3v) is 4.40. The zero-order chi connectivity index (χ0) is 13.5. The van der Waals surface area contributed by atoms with Gasteiger partial charge in [0.2, 0.25) is 0 Å². The van der Waals surface area contributed by atoms with E-state index in [9.17, 15) is 0 Å². The molecular formula is C20H16. The smallest absolute Gasteiger partial charge is 0.0136 e. The molecular weight excluding hydrogens is 240 g/mol. The molecule has 4 rings (SSSR count). The van der Waals surface area contributed by atoms with Gasteiger partial charge in [-0.3, -0.25) is 0 Å². The molecule has 0 aliphatic heterocycles. The Morgan fingerprint density at radius 1 is 0.950 bits per heavy atom. The van der Waals surface area contributed by atoms with Crippen LogP contribution in [0.1, 0.15) is 34.6 Å². The van der Waals surface area contributed by atoms with Gasteiger partial charge in [0, 0.05) is 5.92 Å². The van der Waals surface area contributed by atoms with Crippen LogP contribution in [0.25, 0.3) is 17.2 Å². The molecule has 0 saturated carbocycles. The molecule has 2 aliphatic rings. The lowest BCUT2D eigenvalue weighted by atomic mass is 9.68. The largest absolute Gasteiger partial charge is 0.0984 e. The lowest BCUT2D eigenvalue weighted by molar-refractivity contribution is 0.822. The molecule has 96 valence electrons. The standard InChI is InChI=1S/C20H16/c1-2-14-7-3-4-8-16(14)15-11-12-19-17-9-5-6-10-18(17)20(19)13-15/h2-11,13,19H,1,12H2. The first-order valence-corrected chi connectivity index (χ1v) is 7.11. The fraction of sp³-hybridized carbons (Fsp3) is 0.100. The molecule has 0 bridgehead atoms. The summed E-state index contributed by atoms with van der Waals surface area (Å²) in [4.78, 5) is 0. The predicted octanol–water partition coefficient (Wildman–Crippen LogP) is 5.30. The van der Waals surface area contributed by atoms with E-state index in [-0.39, 0.29) is 0 Å². The van der Waals surface area contributed by atoms with Gasteiger partial charge in [0.25, 0.3) is 0 Å². The van der Waals surface area contributed by atoms with E-state index in [4.69, 9.17) is 0 Å². The van der Waals surface area contributed by atoms with Crippen molar-refractivity contribution in [2.75, 3.05) is 0 Å². The van der Waals surface area contributed by atoms with E-state index in [0.717, 1.165) is 6.42 Å². The Hall–Kier alpha value is -2.34. The van der Waals surface area contributed by atoms with Gasteiger partial charge in [0.05, 0.1) is 0 Å². The van der Waals surface area contributed by atoms with E-state index in [1.165, 1.54) is 33.4 Å². The highest BCUT2D eigenvalue weighted by Crippen LogP contribution is 2.51. The van der Waals surface area contributed by atoms with Crippen LogP contribution in [0.2, 0.25) is 0 Å². The molecule has 1 atom stereocenters. The fourth-order valence-electron chi connectivity index (χ4n) is 3.37. The van der Waals surface area contributed by atoms with Gasteiger partial charge in [0.1, 0.15) is 0 Å². The molecule has 2 aliphatic carbocycles. The average Bonchev–Trinajstić information content (AvgIpc) is 2.52. The Bertz CT molecular complexity index is 759. The van der Waals surface area contributed by atoms with Crippen molar-refractivity contribution in [3.8, 4) is 0 Å². The second-order valence-electron chi connectivity index (χ2n) is 5.43. The fourth-order valence-corrected chi connectivity index (χ4v) is 3.37. The van der Waals surface area contributed by atoms with Crippen LogP contribution in [0.3, 0.4) is 0 Å². The Morgan fingerprint density at radius 2 is 1.70 bits per heavy atom. The minimum atomic E-state index is 0.617. The number of rotatable bonds is 2. The maximum Gasteiger partial charge on any atom is 0.0136 e. The van der Waals surface area contributed by atoms with E-state index in [0.29, 0.717) is 5.92 Å². The van der Waals surface area contributed by atoms with Gasteiger partial charge in [-0.1, -0.05) is 73.3 Å². The van der Waals surface area contributed by atoms with E-state index in [2.05, 4.69) is 67.3 Å². The summed E-state index contributed by atoms with van der Waals surface area (Å²) in [6, 6.07) is 17.2. The van der Waals surface area contributed by atoms with E-state index < -0.39 is 0 Å². The molecule has 20 heavy (non-hydrogen) atoms. The first-order chi connectivity index (χ1) is 9.88. The summed E-state index contributed by atoms with van der Waals surface area (Å²) in [6.45, 7) is 3.92. The van der Waals surface area contributed by atoms with Gasteiger partial charge in [-0.05, 0) is 39.8 Å². The zero-order valence-corrected chi connectivity index (χ0v) is 11.3. The lowest BCUT2D eigenvalue weighted by Crippen LogP contribution is -2.17. The van der Waals surface area contributed by atoms with Crippen molar-refractivity contribution in [3.63, 3.8) is 0 Å². The van der Waals surface area contributed by atoms with Crippen LogP contribution in [0.15, 0.2) is 67.3 Å². The van der Waals surface area contributed by atoms with Crippen LogP contribution < -0.4 is 0 Å². The molecule has 0 aromatic heterocycles. The molecule has 1 unspecified atom stereocenters. The molecule has 0 amide bonds. The minimum Gasteiger partial charge on any atom is -0.0984 e. The number of benzene rings is 2. The second kappa shape index (κ2) is 4.35. The molecule has 2 aromatic rings. The molecule has 0 heteroatoms. The highest BCUT2D eigenvalue weighted by atomic mass is 14.4. The molecule has 0 fully saturated rings. The summed E-state index contributed by atoms with van der Waals surface area (Å²) in [5, 5.41) is 0. The number of fused-ring (bicyclic) bond motifs is 4. The van der Waals surface area contributed by atoms with Crippen LogP contribution in [0.5, 0.6) is 0 Å². The van der Waals surface area contributed by atoms with Gasteiger partial charge in [-0.25, -0.2) is 0 Å². The Morgan fingerprint density at radius 3 is 2.55 bits per heavy atom. The summed E-state index contributed by atoms with van der Waals surface area (Å²) < 4.78 is 0. The lowest BCUT2D eigenvalue weighted by Gasteiger charge is -2.36. The normalized spacial score (nSPS) is 19.1. The number of hydrogen-bond donors (Lipinski definition) is 0. The summed E-state index contributed by atoms with van der Waals surface area (Å²) >= 11 is 0. The monoisotopic (exact) mass is 256 g/mol. The SMILES string of the molecule is C=Cc1ccccc1C1=CCC2C(=C1)c1ccccc12. The summed E-state index contributed by atoms with van der Waals surface area (Å²) in [5.74, 6) is 0.617. The van der Waals surface area contributed by atoms with Crippen molar-refractivity contribution in [1.29, 1.82) is 0 Å². The van der Waals surface area contributed by atoms with Crippen molar-refractivity contribution in [2.24, 2.45) is 0 Å². The molecule has 0 nitrogen and oxygen atoms in total. The Labute approximate surface area is 119 Å². The van der Waals surface area contributed by atoms with Crippen molar-refractivity contribution in [1.82, 2.24) is 0 Å². The van der Waals surface area contributed by atoms with Gasteiger partial charge in [-0.2, -0.15) is 0 Å². The molecule has 2 aromatic carbocycles. The molecule has 0 spiro atoms. The third kappa shape index (κ3) is 1.55. The number of hydrogen-bond acceptors (Lipinski definition) is 0. The summed E-state index contributed by atoms with van der Waals surface area (Å²) in [5.41, 5.74) is 8.27. The maximum absolute atomic E-state index is 3.92. The van der Waals surface area contributed by atoms with Gasteiger partial charge in [-0.15, -0.1) is 0 Å². The molecule has 0 saturated heterocycles. The second-order valence-corrected chi connectivity index (χ2v) is 5.43. The maximum atomic E-state index is 3.92. The quantitative estimate of drug-likeness (QED) is 0.684. The van der Waals surface area contributed by atoms with Crippen LogP contribution in [-0.4, -0.2) is 0 Å². The van der Waals surface area contributed by atoms with Gasteiger partial charge in [0.15, 0.2) is 0 Å². The molecule has 0 heterocycles. The van der Waals surface area contributed by atoms with Crippen molar-refractivity contribution in [3.05, 3.63) is 89.5 Å². The molecule has 0 N–H and O–H groups in total. The van der Waals surface area contributed by atoms with Crippen molar-refractivity contribution >= 4 is 17.2 Å². The summed E-state index contributed by atoms with van der Waals surface area (Å²) in [6.07, 6.45) is 7.78. The Balaban J connectivity index is 1.79. The van der Waals surface area contributed by atoms with Crippen LogP contribution in [0, 0.1) is 0 Å². The van der Waals surface area contributed by atoms with Crippen LogP contribution in [-0.2, 0) is 0 Å². The predicted molar refractivity (Wildman–Crippen MR) is 86.3 cm³/mol. The van der Waals surface area contributed by atoms with E-state index in [1.807, 2.05) is 6.08 Å². The minimum absolute atomic E-state index is 0.617. The van der Waals surface area contributed by atoms with Gasteiger partial charge < -0.3 is 0 Å². The zero-order valence-electron chi connectivity index (χ0n) is 11.3. The highest BCUT2D eigenvalue weighted by molar-refractivity contribution is 5.95. The van der Waals surface area contributed by atoms with E-state index in [1.54, 1.807) is 0 Å². The van der Waals surface area contributed by atoms with E-state index >= 15 is 0 Å². The third-order valence-electron chi connectivity index (χ3n) is 4.40. The van der Waals surface area contributed by atoms with Crippen LogP contribution >= 0.6 is 0 Å². The van der Waals surface area contributed by atoms with Crippen LogP contribution in [0.4, 0.5) is 0 Å². The summed E-state index contributed by atoms with van der Waals surface area (Å²) in [7, 11) is 0. The van der Waals surface area contributed by atoms with Crippen molar-refractivity contribution in [2.45, 2.75) is 12.3 Å². The topological polar surface area (TPSA) is 0 Å². The first kappa shape index (κ1) is 11.5. The van der Waals surface area contributed by atoms with Crippen molar-refractivity contribution < 1.29 is 0 Å². The first-order valence-electron chi connectivity index (χ1n) is 7.11. The average molecular weight is 256 g/mol. The number of allylic oxidation sites excluding steroid dienone is 4. The Kier molecular flexibility index (Phi) is 2.50. The highest BCUT2D eigenvalue weighted by Gasteiger charge is 2.32. The van der Waals surface area contributed by atoms with Gasteiger partial charge >= 0.3 is 0 Å².